The zero-order valence-electron chi connectivity index (χ0n) is 9.76. The summed E-state index contributed by atoms with van der Waals surface area (Å²) in [4.78, 5) is 10.7. The van der Waals surface area contributed by atoms with Crippen LogP contribution in [0.25, 0.3) is 11.4 Å². The first kappa shape index (κ1) is 12.1. The minimum absolute atomic E-state index is 0.433. The average Bonchev–Trinajstić information content (AvgIpc) is 2.85. The topological polar surface area (TPSA) is 107 Å². The smallest absolute Gasteiger partial charge is 0.306 e. The van der Waals surface area contributed by atoms with Crippen molar-refractivity contribution in [2.45, 2.75) is 19.9 Å². The molecule has 8 heteroatoms. The Morgan fingerprint density at radius 3 is 3.00 bits per heavy atom. The zero-order valence-corrected chi connectivity index (χ0v) is 9.76. The molecule has 1 atom stereocenters. The van der Waals surface area contributed by atoms with Crippen LogP contribution in [0.2, 0.25) is 0 Å². The Hall–Kier alpha value is -2.38. The molecule has 2 heterocycles. The van der Waals surface area contributed by atoms with Gasteiger partial charge < -0.3 is 5.11 Å². The maximum Gasteiger partial charge on any atom is 0.306 e. The van der Waals surface area contributed by atoms with Crippen LogP contribution < -0.4 is 0 Å². The summed E-state index contributed by atoms with van der Waals surface area (Å²) in [5.74, 6) is -0.699. The van der Waals surface area contributed by atoms with E-state index in [0.29, 0.717) is 18.8 Å². The molecule has 1 unspecified atom stereocenters. The lowest BCUT2D eigenvalue weighted by Gasteiger charge is -2.07. The molecule has 0 spiro atoms. The highest BCUT2D eigenvalue weighted by atomic mass is 16.4. The molecule has 1 N–H and O–H groups in total. The van der Waals surface area contributed by atoms with E-state index in [2.05, 4.69) is 25.7 Å². The second kappa shape index (κ2) is 5.30. The van der Waals surface area contributed by atoms with Crippen LogP contribution in [0.15, 0.2) is 18.5 Å². The Morgan fingerprint density at radius 2 is 2.33 bits per heavy atom. The van der Waals surface area contributed by atoms with Crippen LogP contribution in [0, 0.1) is 5.92 Å². The van der Waals surface area contributed by atoms with Crippen LogP contribution in [0.3, 0.4) is 0 Å². The predicted octanol–water partition coefficient (Wildman–Crippen LogP) is 0.241. The van der Waals surface area contributed by atoms with E-state index >= 15 is 0 Å². The SMILES string of the molecule is CC(CCn1nnnc1-c1ccnnc1)C(=O)O. The molecule has 2 aromatic rings. The van der Waals surface area contributed by atoms with E-state index in [1.54, 1.807) is 30.1 Å². The monoisotopic (exact) mass is 248 g/mol. The van der Waals surface area contributed by atoms with Gasteiger partial charge >= 0.3 is 5.97 Å². The Balaban J connectivity index is 2.12. The van der Waals surface area contributed by atoms with Crippen LogP contribution >= 0.6 is 0 Å². The fourth-order valence-electron chi connectivity index (χ4n) is 1.42. The van der Waals surface area contributed by atoms with Crippen molar-refractivity contribution in [2.75, 3.05) is 0 Å². The van der Waals surface area contributed by atoms with Gasteiger partial charge in [0, 0.05) is 12.1 Å². The van der Waals surface area contributed by atoms with E-state index in [9.17, 15) is 4.79 Å². The van der Waals surface area contributed by atoms with Gasteiger partial charge in [0.1, 0.15) is 0 Å². The average molecular weight is 248 g/mol. The van der Waals surface area contributed by atoms with Crippen molar-refractivity contribution in [3.63, 3.8) is 0 Å². The third kappa shape index (κ3) is 2.65. The molecule has 0 aliphatic rings. The molecule has 0 fully saturated rings. The maximum absolute atomic E-state index is 10.7. The molecule has 94 valence electrons. The highest BCUT2D eigenvalue weighted by Crippen LogP contribution is 2.14. The van der Waals surface area contributed by atoms with E-state index in [1.807, 2.05) is 0 Å². The van der Waals surface area contributed by atoms with Crippen molar-refractivity contribution in [1.29, 1.82) is 0 Å². The van der Waals surface area contributed by atoms with Gasteiger partial charge in [-0.3, -0.25) is 4.79 Å². The van der Waals surface area contributed by atoms with E-state index in [-0.39, 0.29) is 0 Å². The lowest BCUT2D eigenvalue weighted by atomic mass is 10.1. The van der Waals surface area contributed by atoms with E-state index in [4.69, 9.17) is 5.11 Å². The summed E-state index contributed by atoms with van der Waals surface area (Å²) < 4.78 is 1.57. The molecule has 0 bridgehead atoms. The molecular formula is C10H12N6O2. The first-order valence-corrected chi connectivity index (χ1v) is 5.44. The molecule has 0 aliphatic heterocycles. The van der Waals surface area contributed by atoms with Gasteiger partial charge in [-0.05, 0) is 22.9 Å². The molecular weight excluding hydrogens is 236 g/mol. The lowest BCUT2D eigenvalue weighted by Crippen LogP contribution is -2.14. The summed E-state index contributed by atoms with van der Waals surface area (Å²) in [5.41, 5.74) is 0.748. The van der Waals surface area contributed by atoms with Crippen LogP contribution in [0.1, 0.15) is 13.3 Å². The van der Waals surface area contributed by atoms with Crippen molar-refractivity contribution >= 4 is 5.97 Å². The quantitative estimate of drug-likeness (QED) is 0.807. The van der Waals surface area contributed by atoms with Gasteiger partial charge in [0.25, 0.3) is 0 Å². The van der Waals surface area contributed by atoms with Crippen molar-refractivity contribution in [1.82, 2.24) is 30.4 Å². The highest BCUT2D eigenvalue weighted by molar-refractivity contribution is 5.69. The van der Waals surface area contributed by atoms with Gasteiger partial charge in [-0.2, -0.15) is 10.2 Å². The first-order valence-electron chi connectivity index (χ1n) is 5.44. The number of hydrogen-bond donors (Lipinski definition) is 1. The standard InChI is InChI=1S/C10H12N6O2/c1-7(10(17)18)3-5-16-9(13-14-15-16)8-2-4-11-12-6-8/h2,4,6-7H,3,5H2,1H3,(H,17,18). The molecule has 18 heavy (non-hydrogen) atoms. The third-order valence-corrected chi connectivity index (χ3v) is 2.57. The summed E-state index contributed by atoms with van der Waals surface area (Å²) in [6, 6.07) is 1.75. The molecule has 0 aromatic carbocycles. The van der Waals surface area contributed by atoms with Gasteiger partial charge in [0.2, 0.25) is 0 Å². The molecule has 0 amide bonds. The number of rotatable bonds is 5. The number of carboxylic acid groups (broad SMARTS) is 1. The molecule has 8 nitrogen and oxygen atoms in total. The number of aryl methyl sites for hydroxylation is 1. The van der Waals surface area contributed by atoms with E-state index in [0.717, 1.165) is 5.56 Å². The number of aliphatic carboxylic acids is 1. The van der Waals surface area contributed by atoms with E-state index in [1.165, 1.54) is 0 Å². The Morgan fingerprint density at radius 1 is 1.50 bits per heavy atom. The van der Waals surface area contributed by atoms with Crippen LogP contribution in [-0.2, 0) is 11.3 Å². The van der Waals surface area contributed by atoms with Crippen molar-refractivity contribution in [3.05, 3.63) is 18.5 Å². The van der Waals surface area contributed by atoms with Crippen molar-refractivity contribution < 1.29 is 9.90 Å². The minimum atomic E-state index is -0.824. The largest absolute Gasteiger partial charge is 0.481 e. The van der Waals surface area contributed by atoms with Gasteiger partial charge in [-0.1, -0.05) is 6.92 Å². The highest BCUT2D eigenvalue weighted by Gasteiger charge is 2.14. The van der Waals surface area contributed by atoms with Crippen molar-refractivity contribution in [2.24, 2.45) is 5.92 Å². The normalized spacial score (nSPS) is 12.3. The Kier molecular flexibility index (Phi) is 3.56. The summed E-state index contributed by atoms with van der Waals surface area (Å²) in [7, 11) is 0. The Bertz CT molecular complexity index is 526. The van der Waals surface area contributed by atoms with Gasteiger partial charge in [0.15, 0.2) is 5.82 Å². The number of nitrogens with zero attached hydrogens (tertiary/aromatic N) is 6. The molecule has 2 aromatic heterocycles. The van der Waals surface area contributed by atoms with Gasteiger partial charge in [-0.15, -0.1) is 5.10 Å². The van der Waals surface area contributed by atoms with E-state index < -0.39 is 11.9 Å². The maximum atomic E-state index is 10.7. The molecule has 0 radical (unpaired) electrons. The number of tetrazole rings is 1. The number of hydrogen-bond acceptors (Lipinski definition) is 6. The van der Waals surface area contributed by atoms with Gasteiger partial charge in [-0.25, -0.2) is 4.68 Å². The molecule has 0 aliphatic carbocycles. The fraction of sp³-hybridized carbons (Fsp3) is 0.400. The number of carboxylic acids is 1. The van der Waals surface area contributed by atoms with Crippen molar-refractivity contribution in [3.8, 4) is 11.4 Å². The minimum Gasteiger partial charge on any atom is -0.481 e. The lowest BCUT2D eigenvalue weighted by molar-refractivity contribution is -0.141. The summed E-state index contributed by atoms with van der Waals surface area (Å²) in [5, 5.41) is 27.6. The van der Waals surface area contributed by atoms with Crippen LogP contribution in [0.4, 0.5) is 0 Å². The van der Waals surface area contributed by atoms with Crippen LogP contribution in [0.5, 0.6) is 0 Å². The molecule has 2 rings (SSSR count). The molecule has 0 saturated carbocycles. The Labute approximate surface area is 103 Å². The fourth-order valence-corrected chi connectivity index (χ4v) is 1.42. The zero-order chi connectivity index (χ0) is 13.0. The second-order valence-electron chi connectivity index (χ2n) is 3.88. The first-order chi connectivity index (χ1) is 8.68. The summed E-state index contributed by atoms with van der Waals surface area (Å²) in [6.07, 6.45) is 3.57. The number of aromatic nitrogens is 6. The summed E-state index contributed by atoms with van der Waals surface area (Å²) in [6.45, 7) is 2.10. The summed E-state index contributed by atoms with van der Waals surface area (Å²) >= 11 is 0. The third-order valence-electron chi connectivity index (χ3n) is 2.57. The predicted molar refractivity (Wildman–Crippen MR) is 60.3 cm³/mol. The second-order valence-corrected chi connectivity index (χ2v) is 3.88. The molecule has 0 saturated heterocycles. The van der Waals surface area contributed by atoms with Gasteiger partial charge in [0.05, 0.1) is 18.3 Å². The van der Waals surface area contributed by atoms with Crippen LogP contribution in [-0.4, -0.2) is 41.5 Å². The number of carbonyl (C=O) groups is 1.